The molecule has 2 atom stereocenters. The number of nitrogens with zero attached hydrogens (tertiary/aromatic N) is 1. The highest BCUT2D eigenvalue weighted by Crippen LogP contribution is 2.27. The zero-order valence-corrected chi connectivity index (χ0v) is 17.8. The number of hydrogen-bond acceptors (Lipinski definition) is 3. The molecule has 1 N–H and O–H groups in total. The van der Waals surface area contributed by atoms with Crippen LogP contribution in [0, 0.1) is 18.8 Å². The van der Waals surface area contributed by atoms with E-state index < -0.39 is 10.0 Å². The van der Waals surface area contributed by atoms with E-state index in [-0.39, 0.29) is 10.8 Å². The summed E-state index contributed by atoms with van der Waals surface area (Å²) in [5.74, 6) is 0.334. The van der Waals surface area contributed by atoms with Gasteiger partial charge in [-0.05, 0) is 67.1 Å². The van der Waals surface area contributed by atoms with E-state index in [9.17, 15) is 13.2 Å². The number of aryl methyl sites for hydroxylation is 1. The minimum atomic E-state index is -3.56. The zero-order chi connectivity index (χ0) is 20.5. The van der Waals surface area contributed by atoms with Gasteiger partial charge in [0.25, 0.3) is 5.91 Å². The molecule has 150 valence electrons. The molecule has 0 aliphatic carbocycles. The third-order valence-electron chi connectivity index (χ3n) is 4.96. The Morgan fingerprint density at radius 3 is 2.25 bits per heavy atom. The Bertz CT molecular complexity index is 964. The van der Waals surface area contributed by atoms with Crippen LogP contribution in [0.1, 0.15) is 36.2 Å². The standard InChI is InChI=1S/C21H25ClN2O3S/c1-14-4-9-20(19(22)11-14)23-21(25)17-5-7-18(8-6-17)28(26,27)24-12-15(2)10-16(3)13-24/h4-9,11,15-16H,10,12-13H2,1-3H3,(H,23,25)/t15-,16-/m0/s1. The molecular formula is C21H25ClN2O3S. The topological polar surface area (TPSA) is 66.5 Å². The molecule has 0 radical (unpaired) electrons. The van der Waals surface area contributed by atoms with Crippen molar-refractivity contribution in [1.29, 1.82) is 0 Å². The summed E-state index contributed by atoms with van der Waals surface area (Å²) < 4.78 is 27.4. The molecule has 5 nitrogen and oxygen atoms in total. The van der Waals surface area contributed by atoms with Crippen LogP contribution in [0.15, 0.2) is 47.4 Å². The van der Waals surface area contributed by atoms with Crippen molar-refractivity contribution in [3.05, 3.63) is 58.6 Å². The van der Waals surface area contributed by atoms with Gasteiger partial charge in [-0.25, -0.2) is 8.42 Å². The summed E-state index contributed by atoms with van der Waals surface area (Å²) in [5.41, 5.74) is 1.89. The van der Waals surface area contributed by atoms with E-state index in [0.29, 0.717) is 41.2 Å². The van der Waals surface area contributed by atoms with Crippen molar-refractivity contribution in [3.63, 3.8) is 0 Å². The van der Waals surface area contributed by atoms with Crippen LogP contribution in [-0.4, -0.2) is 31.7 Å². The normalized spacial score (nSPS) is 20.7. The summed E-state index contributed by atoms with van der Waals surface area (Å²) in [6, 6.07) is 11.4. The molecule has 0 saturated carbocycles. The molecule has 7 heteroatoms. The molecule has 2 aromatic rings. The Balaban J connectivity index is 1.76. The Morgan fingerprint density at radius 1 is 1.07 bits per heavy atom. The summed E-state index contributed by atoms with van der Waals surface area (Å²) in [7, 11) is -3.56. The van der Waals surface area contributed by atoms with E-state index in [4.69, 9.17) is 11.6 Å². The van der Waals surface area contributed by atoms with Crippen LogP contribution in [0.3, 0.4) is 0 Å². The zero-order valence-electron chi connectivity index (χ0n) is 16.3. The second-order valence-electron chi connectivity index (χ2n) is 7.73. The number of hydrogen-bond donors (Lipinski definition) is 1. The Kier molecular flexibility index (Phi) is 6.12. The lowest BCUT2D eigenvalue weighted by molar-refractivity contribution is 0.102. The van der Waals surface area contributed by atoms with Gasteiger partial charge in [-0.3, -0.25) is 4.79 Å². The molecule has 1 heterocycles. The Labute approximate surface area is 171 Å². The summed E-state index contributed by atoms with van der Waals surface area (Å²) in [6.07, 6.45) is 1.03. The molecule has 0 spiro atoms. The molecule has 1 amide bonds. The quantitative estimate of drug-likeness (QED) is 0.787. The lowest BCUT2D eigenvalue weighted by Gasteiger charge is -2.34. The number of benzene rings is 2. The van der Waals surface area contributed by atoms with Crippen LogP contribution in [0.2, 0.25) is 5.02 Å². The summed E-state index contributed by atoms with van der Waals surface area (Å²) in [5, 5.41) is 3.22. The lowest BCUT2D eigenvalue weighted by atomic mass is 9.94. The van der Waals surface area contributed by atoms with Crippen LogP contribution < -0.4 is 5.32 Å². The number of carbonyl (C=O) groups is 1. The number of anilines is 1. The number of sulfonamides is 1. The first-order valence-corrected chi connectivity index (χ1v) is 11.2. The van der Waals surface area contributed by atoms with Crippen molar-refractivity contribution in [2.75, 3.05) is 18.4 Å². The average Bonchev–Trinajstić information content (AvgIpc) is 2.63. The summed E-state index contributed by atoms with van der Waals surface area (Å²) in [4.78, 5) is 12.7. The van der Waals surface area contributed by atoms with Gasteiger partial charge in [0.2, 0.25) is 10.0 Å². The number of rotatable bonds is 4. The van der Waals surface area contributed by atoms with Crippen LogP contribution >= 0.6 is 11.6 Å². The van der Waals surface area contributed by atoms with Gasteiger partial charge in [0.05, 0.1) is 15.6 Å². The van der Waals surface area contributed by atoms with Gasteiger partial charge in [-0.15, -0.1) is 0 Å². The lowest BCUT2D eigenvalue weighted by Crippen LogP contribution is -2.42. The average molecular weight is 421 g/mol. The minimum absolute atomic E-state index is 0.207. The van der Waals surface area contributed by atoms with Crippen LogP contribution in [0.25, 0.3) is 0 Å². The van der Waals surface area contributed by atoms with Crippen molar-refractivity contribution in [3.8, 4) is 0 Å². The summed E-state index contributed by atoms with van der Waals surface area (Å²) in [6.45, 7) is 7.12. The highest BCUT2D eigenvalue weighted by atomic mass is 35.5. The molecule has 0 bridgehead atoms. The number of piperidine rings is 1. The first-order valence-electron chi connectivity index (χ1n) is 9.34. The Morgan fingerprint density at radius 2 is 1.68 bits per heavy atom. The van der Waals surface area contributed by atoms with E-state index in [1.54, 1.807) is 16.4 Å². The van der Waals surface area contributed by atoms with E-state index in [1.807, 2.05) is 13.0 Å². The van der Waals surface area contributed by atoms with Gasteiger partial charge in [0, 0.05) is 18.7 Å². The van der Waals surface area contributed by atoms with Gasteiger partial charge in [-0.2, -0.15) is 4.31 Å². The predicted octanol–water partition coefficient (Wildman–Crippen LogP) is 4.57. The number of amides is 1. The summed E-state index contributed by atoms with van der Waals surface area (Å²) >= 11 is 6.16. The monoisotopic (exact) mass is 420 g/mol. The first kappa shape index (κ1) is 20.8. The maximum atomic E-state index is 12.9. The van der Waals surface area contributed by atoms with Crippen LogP contribution in [-0.2, 0) is 10.0 Å². The van der Waals surface area contributed by atoms with E-state index in [2.05, 4.69) is 19.2 Å². The molecule has 28 heavy (non-hydrogen) atoms. The molecule has 1 saturated heterocycles. The molecule has 0 unspecified atom stereocenters. The van der Waals surface area contributed by atoms with Gasteiger partial charge < -0.3 is 5.32 Å². The SMILES string of the molecule is Cc1ccc(NC(=O)c2ccc(S(=O)(=O)N3C[C@@H](C)C[C@H](C)C3)cc2)c(Cl)c1. The third kappa shape index (κ3) is 4.57. The van der Waals surface area contributed by atoms with Crippen molar-refractivity contribution in [2.45, 2.75) is 32.1 Å². The minimum Gasteiger partial charge on any atom is -0.321 e. The predicted molar refractivity (Wildman–Crippen MR) is 112 cm³/mol. The second-order valence-corrected chi connectivity index (χ2v) is 10.1. The van der Waals surface area contributed by atoms with Crippen molar-refractivity contribution in [2.24, 2.45) is 11.8 Å². The van der Waals surface area contributed by atoms with Crippen molar-refractivity contribution >= 4 is 33.2 Å². The molecule has 1 fully saturated rings. The molecule has 3 rings (SSSR count). The van der Waals surface area contributed by atoms with Gasteiger partial charge >= 0.3 is 0 Å². The molecule has 1 aliphatic heterocycles. The van der Waals surface area contributed by atoms with Crippen molar-refractivity contribution in [1.82, 2.24) is 4.31 Å². The van der Waals surface area contributed by atoms with E-state index in [1.165, 1.54) is 24.3 Å². The highest BCUT2D eigenvalue weighted by Gasteiger charge is 2.31. The second kappa shape index (κ2) is 8.23. The fourth-order valence-corrected chi connectivity index (χ4v) is 5.61. The maximum absolute atomic E-state index is 12.9. The molecule has 1 aliphatic rings. The number of nitrogens with one attached hydrogen (secondary N) is 1. The fraction of sp³-hybridized carbons (Fsp3) is 0.381. The van der Waals surface area contributed by atoms with E-state index >= 15 is 0 Å². The third-order valence-corrected chi connectivity index (χ3v) is 7.12. The largest absolute Gasteiger partial charge is 0.321 e. The van der Waals surface area contributed by atoms with Crippen LogP contribution in [0.4, 0.5) is 5.69 Å². The van der Waals surface area contributed by atoms with Gasteiger partial charge in [0.15, 0.2) is 0 Å². The maximum Gasteiger partial charge on any atom is 0.255 e. The van der Waals surface area contributed by atoms with Crippen molar-refractivity contribution < 1.29 is 13.2 Å². The number of halogens is 1. The number of carbonyl (C=O) groups excluding carboxylic acids is 1. The fourth-order valence-electron chi connectivity index (χ4n) is 3.65. The van der Waals surface area contributed by atoms with Gasteiger partial charge in [-0.1, -0.05) is 31.5 Å². The molecular weight excluding hydrogens is 396 g/mol. The van der Waals surface area contributed by atoms with Crippen LogP contribution in [0.5, 0.6) is 0 Å². The molecule has 2 aromatic carbocycles. The Hall–Kier alpha value is -1.89. The van der Waals surface area contributed by atoms with Gasteiger partial charge in [0.1, 0.15) is 0 Å². The first-order chi connectivity index (χ1) is 13.2. The molecule has 0 aromatic heterocycles. The smallest absolute Gasteiger partial charge is 0.255 e. The highest BCUT2D eigenvalue weighted by molar-refractivity contribution is 7.89. The van der Waals surface area contributed by atoms with E-state index in [0.717, 1.165) is 12.0 Å².